The molecule has 3 rings (SSSR count). The van der Waals surface area contributed by atoms with E-state index >= 15 is 0 Å². The molecule has 0 spiro atoms. The van der Waals surface area contributed by atoms with E-state index in [4.69, 9.17) is 9.47 Å². The molecule has 4 amide bonds. The Morgan fingerprint density at radius 3 is 2.50 bits per heavy atom. The third kappa shape index (κ3) is 3.90. The number of hydrogen-bond donors (Lipinski definition) is 2. The summed E-state index contributed by atoms with van der Waals surface area (Å²) >= 11 is 0. The highest BCUT2D eigenvalue weighted by Gasteiger charge is 2.22. The normalized spacial score (nSPS) is 19.2. The number of rotatable bonds is 4. The van der Waals surface area contributed by atoms with Gasteiger partial charge in [-0.3, -0.25) is 14.9 Å². The topological polar surface area (TPSA) is 97.0 Å². The summed E-state index contributed by atoms with van der Waals surface area (Å²) in [4.78, 5) is 36.2. The highest BCUT2D eigenvalue weighted by molar-refractivity contribution is 6.13. The Kier molecular flexibility index (Phi) is 4.76. The van der Waals surface area contributed by atoms with Crippen molar-refractivity contribution in [1.29, 1.82) is 0 Å². The number of carbonyl (C=O) groups is 3. The van der Waals surface area contributed by atoms with Crippen LogP contribution in [0, 0.1) is 0 Å². The van der Waals surface area contributed by atoms with Gasteiger partial charge in [0.25, 0.3) is 11.8 Å². The van der Waals surface area contributed by atoms with Crippen LogP contribution in [0.15, 0.2) is 30.0 Å². The van der Waals surface area contributed by atoms with Crippen molar-refractivity contribution < 1.29 is 23.9 Å². The second-order valence-corrected chi connectivity index (χ2v) is 5.32. The maximum absolute atomic E-state index is 12.0. The Bertz CT molecular complexity index is 677. The Hall–Kier alpha value is -2.87. The molecule has 0 unspecified atom stereocenters. The molecule has 8 nitrogen and oxygen atoms in total. The molecule has 8 heteroatoms. The lowest BCUT2D eigenvalue weighted by Gasteiger charge is -2.26. The molecule has 0 atom stereocenters. The summed E-state index contributed by atoms with van der Waals surface area (Å²) in [6, 6.07) is 6.34. The van der Waals surface area contributed by atoms with Crippen molar-refractivity contribution in [3.05, 3.63) is 35.5 Å². The predicted octanol–water partition coefficient (Wildman–Crippen LogP) is 0.104. The Morgan fingerprint density at radius 1 is 1.17 bits per heavy atom. The summed E-state index contributed by atoms with van der Waals surface area (Å²) in [5.41, 5.74) is 0.922. The summed E-state index contributed by atoms with van der Waals surface area (Å²) in [7, 11) is 0. The number of nitrogens with one attached hydrogen (secondary N) is 2. The monoisotopic (exact) mass is 331 g/mol. The average Bonchev–Trinajstić information content (AvgIpc) is 2.92. The zero-order valence-electron chi connectivity index (χ0n) is 12.9. The van der Waals surface area contributed by atoms with Crippen LogP contribution in [-0.4, -0.2) is 55.7 Å². The molecule has 0 saturated carbocycles. The molecule has 1 aromatic carbocycles. The third-order valence-electron chi connectivity index (χ3n) is 3.64. The second-order valence-electron chi connectivity index (χ2n) is 5.32. The molecule has 24 heavy (non-hydrogen) atoms. The number of morpholine rings is 1. The second kappa shape index (κ2) is 7.14. The number of nitrogens with zero attached hydrogens (tertiary/aromatic N) is 1. The number of hydrogen-bond acceptors (Lipinski definition) is 5. The number of urea groups is 1. The van der Waals surface area contributed by atoms with Crippen LogP contribution in [0.2, 0.25) is 0 Å². The van der Waals surface area contributed by atoms with E-state index in [1.165, 1.54) is 0 Å². The van der Waals surface area contributed by atoms with Gasteiger partial charge in [0.2, 0.25) is 0 Å². The van der Waals surface area contributed by atoms with Crippen molar-refractivity contribution in [1.82, 2.24) is 15.5 Å². The molecular weight excluding hydrogens is 314 g/mol. The molecule has 2 aliphatic heterocycles. The fourth-order valence-corrected chi connectivity index (χ4v) is 2.36. The molecule has 0 aliphatic carbocycles. The van der Waals surface area contributed by atoms with Crippen LogP contribution in [0.4, 0.5) is 4.79 Å². The largest absolute Gasteiger partial charge is 0.484 e. The van der Waals surface area contributed by atoms with Crippen molar-refractivity contribution in [2.24, 2.45) is 0 Å². The third-order valence-corrected chi connectivity index (χ3v) is 3.64. The molecule has 0 bridgehead atoms. The van der Waals surface area contributed by atoms with E-state index in [0.717, 1.165) is 5.56 Å². The fraction of sp³-hybridized carbons (Fsp3) is 0.312. The maximum atomic E-state index is 12.0. The summed E-state index contributed by atoms with van der Waals surface area (Å²) in [6.07, 6.45) is 1.56. The van der Waals surface area contributed by atoms with Gasteiger partial charge in [-0.1, -0.05) is 12.1 Å². The lowest BCUT2D eigenvalue weighted by molar-refractivity contribution is -0.137. The van der Waals surface area contributed by atoms with Crippen molar-refractivity contribution >= 4 is 23.9 Å². The summed E-state index contributed by atoms with van der Waals surface area (Å²) in [5.74, 6) is 0.0185. The molecule has 2 saturated heterocycles. The standard InChI is InChI=1S/C16H17N3O5/c20-14(19-5-7-23-8-6-19)10-24-12-3-1-11(2-4-12)9-13-15(21)18-16(22)17-13/h1-4,9H,5-8,10H2,(H2,17,18,21,22). The minimum absolute atomic E-state index is 0.0289. The molecular formula is C16H17N3O5. The SMILES string of the molecule is O=C1NC(=O)C(=Cc2ccc(OCC(=O)N3CCOCC3)cc2)N1. The fourth-order valence-electron chi connectivity index (χ4n) is 2.36. The number of ether oxygens (including phenoxy) is 2. The molecule has 0 aromatic heterocycles. The van der Waals surface area contributed by atoms with Crippen LogP contribution in [0.3, 0.4) is 0 Å². The van der Waals surface area contributed by atoms with Gasteiger partial charge in [0.15, 0.2) is 6.61 Å². The van der Waals surface area contributed by atoms with Gasteiger partial charge in [0, 0.05) is 13.1 Å². The van der Waals surface area contributed by atoms with E-state index in [9.17, 15) is 14.4 Å². The maximum Gasteiger partial charge on any atom is 0.326 e. The van der Waals surface area contributed by atoms with Gasteiger partial charge in [0.05, 0.1) is 13.2 Å². The van der Waals surface area contributed by atoms with E-state index in [-0.39, 0.29) is 18.2 Å². The van der Waals surface area contributed by atoms with Gasteiger partial charge in [-0.2, -0.15) is 0 Å². The number of imide groups is 1. The van der Waals surface area contributed by atoms with Crippen molar-refractivity contribution in [2.75, 3.05) is 32.9 Å². The van der Waals surface area contributed by atoms with Gasteiger partial charge in [-0.15, -0.1) is 0 Å². The molecule has 2 N–H and O–H groups in total. The molecule has 2 heterocycles. The van der Waals surface area contributed by atoms with E-state index in [1.54, 1.807) is 35.2 Å². The quantitative estimate of drug-likeness (QED) is 0.603. The first-order valence-corrected chi connectivity index (χ1v) is 7.54. The van der Waals surface area contributed by atoms with Crippen molar-refractivity contribution in [2.45, 2.75) is 0 Å². The van der Waals surface area contributed by atoms with E-state index in [1.807, 2.05) is 0 Å². The molecule has 0 radical (unpaired) electrons. The van der Waals surface area contributed by atoms with Crippen LogP contribution in [-0.2, 0) is 14.3 Å². The smallest absolute Gasteiger partial charge is 0.326 e. The Labute approximate surface area is 138 Å². The first-order valence-electron chi connectivity index (χ1n) is 7.54. The summed E-state index contributed by atoms with van der Waals surface area (Å²) < 4.78 is 10.7. The number of carbonyl (C=O) groups excluding carboxylic acids is 3. The minimum atomic E-state index is -0.534. The Balaban J connectivity index is 1.55. The van der Waals surface area contributed by atoms with Gasteiger partial charge in [0.1, 0.15) is 11.4 Å². The van der Waals surface area contributed by atoms with Gasteiger partial charge >= 0.3 is 6.03 Å². The molecule has 1 aromatic rings. The lowest BCUT2D eigenvalue weighted by atomic mass is 10.2. The van der Waals surface area contributed by atoms with Crippen molar-refractivity contribution in [3.63, 3.8) is 0 Å². The van der Waals surface area contributed by atoms with Crippen LogP contribution >= 0.6 is 0 Å². The van der Waals surface area contributed by atoms with Crippen LogP contribution < -0.4 is 15.4 Å². The van der Waals surface area contributed by atoms with Crippen LogP contribution in [0.1, 0.15) is 5.56 Å². The van der Waals surface area contributed by atoms with Gasteiger partial charge in [-0.05, 0) is 23.8 Å². The lowest BCUT2D eigenvalue weighted by Crippen LogP contribution is -2.42. The van der Waals surface area contributed by atoms with Gasteiger partial charge in [-0.25, -0.2) is 4.79 Å². The number of benzene rings is 1. The van der Waals surface area contributed by atoms with Crippen LogP contribution in [0.5, 0.6) is 5.75 Å². The zero-order chi connectivity index (χ0) is 16.9. The van der Waals surface area contributed by atoms with E-state index in [2.05, 4.69) is 10.6 Å². The molecule has 2 fully saturated rings. The van der Waals surface area contributed by atoms with E-state index < -0.39 is 11.9 Å². The van der Waals surface area contributed by atoms with E-state index in [0.29, 0.717) is 32.1 Å². The highest BCUT2D eigenvalue weighted by atomic mass is 16.5. The molecule has 126 valence electrons. The van der Waals surface area contributed by atoms with Crippen molar-refractivity contribution in [3.8, 4) is 5.75 Å². The Morgan fingerprint density at radius 2 is 1.88 bits per heavy atom. The first kappa shape index (κ1) is 16.0. The average molecular weight is 331 g/mol. The van der Waals surface area contributed by atoms with Crippen LogP contribution in [0.25, 0.3) is 6.08 Å². The zero-order valence-corrected chi connectivity index (χ0v) is 12.9. The summed E-state index contributed by atoms with van der Waals surface area (Å²) in [6.45, 7) is 2.25. The van der Waals surface area contributed by atoms with Gasteiger partial charge < -0.3 is 19.7 Å². The highest BCUT2D eigenvalue weighted by Crippen LogP contribution is 2.15. The first-order chi connectivity index (χ1) is 11.6. The minimum Gasteiger partial charge on any atom is -0.484 e. The summed E-state index contributed by atoms with van der Waals surface area (Å²) in [5, 5.41) is 4.54. The number of amides is 4. The predicted molar refractivity (Wildman–Crippen MR) is 84.0 cm³/mol. The molecule has 2 aliphatic rings.